The van der Waals surface area contributed by atoms with Crippen molar-refractivity contribution in [3.8, 4) is 0 Å². The Hall–Kier alpha value is -2.94. The molecule has 0 aliphatic rings. The summed E-state index contributed by atoms with van der Waals surface area (Å²) in [5.74, 6) is 0. The van der Waals surface area contributed by atoms with E-state index < -0.39 is 0 Å². The smallest absolute Gasteiger partial charge is 0.0622 e. The van der Waals surface area contributed by atoms with Gasteiger partial charge in [-0.2, -0.15) is 0 Å². The molecule has 44 heavy (non-hydrogen) atoms. The molecule has 2 nitrogen and oxygen atoms in total. The summed E-state index contributed by atoms with van der Waals surface area (Å²) >= 11 is 0. The maximum absolute atomic E-state index is 5.50. The summed E-state index contributed by atoms with van der Waals surface area (Å²) in [5.41, 5.74) is 7.59. The molecule has 0 aliphatic carbocycles. The van der Waals surface area contributed by atoms with E-state index in [0.29, 0.717) is 0 Å². The standard InChI is InChI=1S/C42H64O2/c1-35(23-15-25-37(3)27-17-29-39(5)31-19-33-41(7,8)43-11)21-13-14-22-36(2)24-16-26-38(4)28-18-30-40(6)32-20-34-42(9,10)44-12/h13-18,21-30H,19-20,31-34H2,1-12H3. The Morgan fingerprint density at radius 2 is 0.705 bits per heavy atom. The predicted molar refractivity (Wildman–Crippen MR) is 198 cm³/mol. The lowest BCUT2D eigenvalue weighted by Crippen LogP contribution is -2.21. The topological polar surface area (TPSA) is 18.5 Å². The van der Waals surface area contributed by atoms with Crippen LogP contribution < -0.4 is 0 Å². The van der Waals surface area contributed by atoms with E-state index in [1.54, 1.807) is 14.2 Å². The van der Waals surface area contributed by atoms with Crippen LogP contribution in [0.1, 0.15) is 108 Å². The van der Waals surface area contributed by atoms with Crippen molar-refractivity contribution in [2.75, 3.05) is 14.2 Å². The second-order valence-corrected chi connectivity index (χ2v) is 13.1. The minimum Gasteiger partial charge on any atom is -0.379 e. The van der Waals surface area contributed by atoms with Crippen LogP contribution >= 0.6 is 0 Å². The number of hydrogen-bond acceptors (Lipinski definition) is 2. The van der Waals surface area contributed by atoms with Gasteiger partial charge in [-0.25, -0.2) is 0 Å². The van der Waals surface area contributed by atoms with Crippen LogP contribution in [0.3, 0.4) is 0 Å². The van der Waals surface area contributed by atoms with E-state index in [9.17, 15) is 0 Å². The first kappa shape index (κ1) is 41.1. The molecule has 0 amide bonds. The summed E-state index contributed by atoms with van der Waals surface area (Å²) in [5, 5.41) is 0. The molecule has 0 aromatic carbocycles. The molecule has 0 bridgehead atoms. The van der Waals surface area contributed by atoms with Gasteiger partial charge in [-0.3, -0.25) is 0 Å². The third-order valence-electron chi connectivity index (χ3n) is 7.55. The Kier molecular flexibility index (Phi) is 21.9. The van der Waals surface area contributed by atoms with Gasteiger partial charge in [0, 0.05) is 14.2 Å². The lowest BCUT2D eigenvalue weighted by Gasteiger charge is -2.22. The lowest BCUT2D eigenvalue weighted by atomic mass is 9.99. The Balaban J connectivity index is 4.68. The monoisotopic (exact) mass is 600 g/mol. The van der Waals surface area contributed by atoms with Crippen LogP contribution in [-0.2, 0) is 9.47 Å². The summed E-state index contributed by atoms with van der Waals surface area (Å²) in [6.45, 7) is 21.5. The van der Waals surface area contributed by atoms with Gasteiger partial charge in [0.2, 0.25) is 0 Å². The highest BCUT2D eigenvalue weighted by Gasteiger charge is 2.15. The fraction of sp³-hybridized carbons (Fsp3) is 0.476. The lowest BCUT2D eigenvalue weighted by molar-refractivity contribution is 0.0137. The molecule has 0 unspecified atom stereocenters. The van der Waals surface area contributed by atoms with Gasteiger partial charge in [0.05, 0.1) is 11.2 Å². The largest absolute Gasteiger partial charge is 0.379 e. The van der Waals surface area contributed by atoms with E-state index in [1.165, 1.54) is 33.4 Å². The van der Waals surface area contributed by atoms with E-state index in [0.717, 1.165) is 38.5 Å². The van der Waals surface area contributed by atoms with Gasteiger partial charge in [0.15, 0.2) is 0 Å². The molecule has 0 heterocycles. The number of allylic oxidation sites excluding steroid dienone is 22. The molecule has 0 fully saturated rings. The first-order valence-electron chi connectivity index (χ1n) is 16.2. The number of methoxy groups -OCH3 is 2. The van der Waals surface area contributed by atoms with Gasteiger partial charge in [0.1, 0.15) is 0 Å². The molecule has 0 atom stereocenters. The Morgan fingerprint density at radius 3 is 1.00 bits per heavy atom. The summed E-state index contributed by atoms with van der Waals surface area (Å²) in [7, 11) is 3.57. The fourth-order valence-corrected chi connectivity index (χ4v) is 4.03. The van der Waals surface area contributed by atoms with E-state index in [2.05, 4.69) is 166 Å². The molecule has 0 aromatic rings. The van der Waals surface area contributed by atoms with Crippen LogP contribution in [0.15, 0.2) is 131 Å². The Morgan fingerprint density at radius 1 is 0.432 bits per heavy atom. The summed E-state index contributed by atoms with van der Waals surface area (Å²) in [6.07, 6.45) is 40.9. The number of rotatable bonds is 20. The van der Waals surface area contributed by atoms with Crippen LogP contribution in [0.4, 0.5) is 0 Å². The van der Waals surface area contributed by atoms with Crippen molar-refractivity contribution in [1.29, 1.82) is 0 Å². The van der Waals surface area contributed by atoms with Crippen molar-refractivity contribution >= 4 is 0 Å². The summed E-state index contributed by atoms with van der Waals surface area (Å²) in [6, 6.07) is 0. The Bertz CT molecular complexity index is 1070. The van der Waals surface area contributed by atoms with E-state index in [1.807, 2.05) is 0 Å². The van der Waals surface area contributed by atoms with Crippen molar-refractivity contribution in [3.63, 3.8) is 0 Å². The van der Waals surface area contributed by atoms with Crippen molar-refractivity contribution in [3.05, 3.63) is 131 Å². The van der Waals surface area contributed by atoms with E-state index >= 15 is 0 Å². The van der Waals surface area contributed by atoms with Crippen LogP contribution in [-0.4, -0.2) is 25.4 Å². The minimum atomic E-state index is -0.0351. The van der Waals surface area contributed by atoms with Gasteiger partial charge < -0.3 is 9.47 Å². The molecule has 0 aliphatic heterocycles. The summed E-state index contributed by atoms with van der Waals surface area (Å²) < 4.78 is 11.0. The van der Waals surface area contributed by atoms with Crippen LogP contribution in [0.25, 0.3) is 0 Å². The van der Waals surface area contributed by atoms with Gasteiger partial charge >= 0.3 is 0 Å². The van der Waals surface area contributed by atoms with Crippen LogP contribution in [0.2, 0.25) is 0 Å². The fourth-order valence-electron chi connectivity index (χ4n) is 4.03. The van der Waals surface area contributed by atoms with E-state index in [4.69, 9.17) is 9.47 Å². The maximum Gasteiger partial charge on any atom is 0.0622 e. The molecule has 0 aromatic heterocycles. The van der Waals surface area contributed by atoms with Gasteiger partial charge in [-0.05, 0) is 108 Å². The van der Waals surface area contributed by atoms with Crippen molar-refractivity contribution in [1.82, 2.24) is 0 Å². The second kappa shape index (κ2) is 23.4. The summed E-state index contributed by atoms with van der Waals surface area (Å²) in [4.78, 5) is 0. The average Bonchev–Trinajstić information content (AvgIpc) is 2.95. The normalized spacial score (nSPS) is 15.9. The van der Waals surface area contributed by atoms with Gasteiger partial charge in [-0.1, -0.05) is 131 Å². The zero-order valence-corrected chi connectivity index (χ0v) is 30.3. The third kappa shape index (κ3) is 24.5. The molecule has 0 rings (SSSR count). The first-order valence-corrected chi connectivity index (χ1v) is 16.2. The first-order chi connectivity index (χ1) is 20.7. The van der Waals surface area contributed by atoms with Crippen LogP contribution in [0.5, 0.6) is 0 Å². The zero-order chi connectivity index (χ0) is 33.4. The minimum absolute atomic E-state index is 0.0351. The van der Waals surface area contributed by atoms with Crippen molar-refractivity contribution < 1.29 is 9.47 Å². The second-order valence-electron chi connectivity index (χ2n) is 13.1. The molecular weight excluding hydrogens is 536 g/mol. The Labute approximate surface area is 272 Å². The number of hydrogen-bond donors (Lipinski definition) is 0. The van der Waals surface area contributed by atoms with Crippen LogP contribution in [0, 0.1) is 0 Å². The zero-order valence-electron chi connectivity index (χ0n) is 30.3. The number of ether oxygens (including phenoxy) is 2. The third-order valence-corrected chi connectivity index (χ3v) is 7.55. The molecule has 2 heteroatoms. The van der Waals surface area contributed by atoms with Gasteiger partial charge in [-0.15, -0.1) is 0 Å². The van der Waals surface area contributed by atoms with E-state index in [-0.39, 0.29) is 11.2 Å². The highest BCUT2D eigenvalue weighted by Crippen LogP contribution is 2.20. The van der Waals surface area contributed by atoms with Crippen molar-refractivity contribution in [2.24, 2.45) is 0 Å². The molecular formula is C42H64O2. The molecule has 0 N–H and O–H groups in total. The van der Waals surface area contributed by atoms with Crippen molar-refractivity contribution in [2.45, 2.75) is 119 Å². The molecule has 0 saturated carbocycles. The predicted octanol–water partition coefficient (Wildman–Crippen LogP) is 12.6. The molecule has 244 valence electrons. The quantitative estimate of drug-likeness (QED) is 0.129. The molecule has 0 saturated heterocycles. The highest BCUT2D eigenvalue weighted by atomic mass is 16.5. The maximum atomic E-state index is 5.50. The molecule has 0 spiro atoms. The highest BCUT2D eigenvalue weighted by molar-refractivity contribution is 5.32. The molecule has 0 radical (unpaired) electrons. The SMILES string of the molecule is COC(C)(C)CCCC(C)=CC=CC(C)=CC=CC(C)=CC=CC=C(C)C=CC=C(C)C=CC=C(C)CCCC(C)(C)OC. The average molecular weight is 601 g/mol. The van der Waals surface area contributed by atoms with Gasteiger partial charge in [0.25, 0.3) is 0 Å².